The fraction of sp³-hybridized carbons (Fsp3) is 0.261. The van der Waals surface area contributed by atoms with Crippen molar-refractivity contribution >= 4 is 34.4 Å². The second-order valence-electron chi connectivity index (χ2n) is 7.83. The van der Waals surface area contributed by atoms with E-state index in [0.29, 0.717) is 28.8 Å². The number of aromatic nitrogens is 2. The van der Waals surface area contributed by atoms with Gasteiger partial charge < -0.3 is 20.1 Å². The molecule has 5 N–H and O–H groups in total. The van der Waals surface area contributed by atoms with Crippen molar-refractivity contribution in [3.63, 3.8) is 0 Å². The summed E-state index contributed by atoms with van der Waals surface area (Å²) in [7, 11) is 1.88. The largest absolute Gasteiger partial charge is 0.481 e. The van der Waals surface area contributed by atoms with Crippen LogP contribution in [0.2, 0.25) is 0 Å². The van der Waals surface area contributed by atoms with Gasteiger partial charge in [0.2, 0.25) is 0 Å². The highest BCUT2D eigenvalue weighted by molar-refractivity contribution is 5.94. The highest BCUT2D eigenvalue weighted by atomic mass is 16.4. The molecule has 11 heteroatoms. The van der Waals surface area contributed by atoms with E-state index in [1.54, 1.807) is 43.3 Å². The molecule has 0 radical (unpaired) electrons. The average Bonchev–Trinajstić information content (AvgIpc) is 2.78. The standard InChI is InChI=1S/C23H25N5O6/c1-13-24-18-8-7-16(11-17(18)22(32)25-13)28(2)12-14-3-5-15(6-4-14)21(31)27-26-19(23(33)34)9-10-20(29)30/h3-8,11,19,26H,9-10,12H2,1-2H3,(H,27,31)(H,29,30)(H,33,34)(H,24,25,32)/t19-/m0/s1. The molecular formula is C23H25N5O6. The van der Waals surface area contributed by atoms with Crippen LogP contribution in [0.1, 0.15) is 34.6 Å². The summed E-state index contributed by atoms with van der Waals surface area (Å²) in [5.74, 6) is -2.38. The van der Waals surface area contributed by atoms with E-state index in [9.17, 15) is 19.2 Å². The molecule has 11 nitrogen and oxygen atoms in total. The van der Waals surface area contributed by atoms with Crippen LogP contribution in [0.3, 0.4) is 0 Å². The number of carbonyl (C=O) groups is 3. The number of amides is 1. The van der Waals surface area contributed by atoms with Gasteiger partial charge >= 0.3 is 11.9 Å². The molecule has 1 aromatic heterocycles. The number of H-pyrrole nitrogens is 1. The summed E-state index contributed by atoms with van der Waals surface area (Å²) in [6, 6.07) is 11.0. The minimum absolute atomic E-state index is 0.174. The Morgan fingerprint density at radius 3 is 2.47 bits per heavy atom. The van der Waals surface area contributed by atoms with Gasteiger partial charge in [-0.25, -0.2) is 10.4 Å². The first-order valence-corrected chi connectivity index (χ1v) is 10.5. The number of carboxylic acids is 2. The van der Waals surface area contributed by atoms with Gasteiger partial charge in [0.1, 0.15) is 11.9 Å². The third-order valence-corrected chi connectivity index (χ3v) is 5.19. The molecule has 34 heavy (non-hydrogen) atoms. The number of hydrogen-bond acceptors (Lipinski definition) is 7. The number of aromatic amines is 1. The molecule has 0 fully saturated rings. The molecule has 1 atom stereocenters. The number of nitrogens with zero attached hydrogens (tertiary/aromatic N) is 2. The van der Waals surface area contributed by atoms with Gasteiger partial charge in [-0.15, -0.1) is 0 Å². The summed E-state index contributed by atoms with van der Waals surface area (Å²) in [6.07, 6.45) is -0.518. The predicted molar refractivity (Wildman–Crippen MR) is 125 cm³/mol. The molecular weight excluding hydrogens is 442 g/mol. The molecule has 1 heterocycles. The highest BCUT2D eigenvalue weighted by Gasteiger charge is 2.19. The van der Waals surface area contributed by atoms with Crippen LogP contribution < -0.4 is 21.3 Å². The quantitative estimate of drug-likeness (QED) is 0.277. The molecule has 0 unspecified atom stereocenters. The normalized spacial score (nSPS) is 11.7. The molecule has 2 aromatic carbocycles. The van der Waals surface area contributed by atoms with E-state index in [0.717, 1.165) is 11.3 Å². The van der Waals surface area contributed by atoms with E-state index >= 15 is 0 Å². The van der Waals surface area contributed by atoms with Crippen molar-refractivity contribution in [1.82, 2.24) is 20.8 Å². The van der Waals surface area contributed by atoms with E-state index in [1.165, 1.54) is 0 Å². The number of fused-ring (bicyclic) bond motifs is 1. The first-order valence-electron chi connectivity index (χ1n) is 10.5. The van der Waals surface area contributed by atoms with Gasteiger partial charge in [0.25, 0.3) is 11.5 Å². The number of hydrogen-bond donors (Lipinski definition) is 5. The zero-order valence-electron chi connectivity index (χ0n) is 18.7. The minimum atomic E-state index is -1.26. The van der Waals surface area contributed by atoms with Crippen LogP contribution in [0.15, 0.2) is 47.3 Å². The van der Waals surface area contributed by atoms with Crippen LogP contribution in [-0.4, -0.2) is 51.1 Å². The molecule has 0 aliphatic carbocycles. The van der Waals surface area contributed by atoms with Gasteiger partial charge in [0.05, 0.1) is 10.9 Å². The topological polar surface area (TPSA) is 165 Å². The number of aliphatic carboxylic acids is 2. The average molecular weight is 467 g/mol. The molecule has 0 aliphatic heterocycles. The van der Waals surface area contributed by atoms with Crippen molar-refractivity contribution in [2.75, 3.05) is 11.9 Å². The maximum Gasteiger partial charge on any atom is 0.322 e. The van der Waals surface area contributed by atoms with Crippen LogP contribution in [0.5, 0.6) is 0 Å². The van der Waals surface area contributed by atoms with Crippen LogP contribution in [0.4, 0.5) is 5.69 Å². The number of aryl methyl sites for hydroxylation is 1. The number of anilines is 1. The Bertz CT molecular complexity index is 1270. The summed E-state index contributed by atoms with van der Waals surface area (Å²) in [5, 5.41) is 18.3. The van der Waals surface area contributed by atoms with Crippen LogP contribution in [0, 0.1) is 6.92 Å². The van der Waals surface area contributed by atoms with Gasteiger partial charge in [-0.1, -0.05) is 12.1 Å². The monoisotopic (exact) mass is 467 g/mol. The summed E-state index contributed by atoms with van der Waals surface area (Å²) in [4.78, 5) is 55.3. The summed E-state index contributed by atoms with van der Waals surface area (Å²) >= 11 is 0. The van der Waals surface area contributed by atoms with Crippen molar-refractivity contribution in [3.8, 4) is 0 Å². The van der Waals surface area contributed by atoms with E-state index in [1.807, 2.05) is 18.0 Å². The second-order valence-corrected chi connectivity index (χ2v) is 7.83. The number of nitrogens with one attached hydrogen (secondary N) is 3. The summed E-state index contributed by atoms with van der Waals surface area (Å²) in [5.41, 5.74) is 7.13. The number of carboxylic acid groups (broad SMARTS) is 2. The van der Waals surface area contributed by atoms with Gasteiger partial charge in [-0.05, 0) is 49.2 Å². The van der Waals surface area contributed by atoms with E-state index < -0.39 is 23.9 Å². The number of rotatable bonds is 10. The van der Waals surface area contributed by atoms with Gasteiger partial charge in [0, 0.05) is 31.3 Å². The molecule has 0 bridgehead atoms. The zero-order valence-corrected chi connectivity index (χ0v) is 18.7. The first kappa shape index (κ1) is 24.4. The Hall–Kier alpha value is -4.25. The Morgan fingerprint density at radius 1 is 1.12 bits per heavy atom. The maximum absolute atomic E-state index is 12.3. The smallest absolute Gasteiger partial charge is 0.322 e. The van der Waals surface area contributed by atoms with Gasteiger partial charge in [-0.3, -0.25) is 24.6 Å². The van der Waals surface area contributed by atoms with Crippen molar-refractivity contribution in [2.24, 2.45) is 0 Å². The third kappa shape index (κ3) is 6.17. The lowest BCUT2D eigenvalue weighted by Gasteiger charge is -2.20. The minimum Gasteiger partial charge on any atom is -0.481 e. The molecule has 0 spiro atoms. The zero-order chi connectivity index (χ0) is 24.8. The molecule has 0 aliphatic rings. The first-order chi connectivity index (χ1) is 16.1. The summed E-state index contributed by atoms with van der Waals surface area (Å²) in [6.45, 7) is 2.24. The second kappa shape index (κ2) is 10.6. The molecule has 3 rings (SSSR count). The fourth-order valence-corrected chi connectivity index (χ4v) is 3.36. The lowest BCUT2D eigenvalue weighted by atomic mass is 10.1. The van der Waals surface area contributed by atoms with E-state index in [-0.39, 0.29) is 18.4 Å². The van der Waals surface area contributed by atoms with E-state index in [4.69, 9.17) is 10.2 Å². The lowest BCUT2D eigenvalue weighted by Crippen LogP contribution is -2.48. The predicted octanol–water partition coefficient (Wildman–Crippen LogP) is 1.42. The Kier molecular flexibility index (Phi) is 7.59. The Morgan fingerprint density at radius 2 is 1.82 bits per heavy atom. The van der Waals surface area contributed by atoms with Crippen LogP contribution in [-0.2, 0) is 16.1 Å². The molecule has 178 valence electrons. The SMILES string of the molecule is Cc1nc2ccc(N(C)Cc3ccc(C(=O)NN[C@@H](CCC(=O)O)C(=O)O)cc3)cc2c(=O)[nH]1. The van der Waals surface area contributed by atoms with Crippen LogP contribution >= 0.6 is 0 Å². The van der Waals surface area contributed by atoms with Crippen molar-refractivity contribution in [2.45, 2.75) is 32.4 Å². The van der Waals surface area contributed by atoms with E-state index in [2.05, 4.69) is 20.8 Å². The van der Waals surface area contributed by atoms with Crippen LogP contribution in [0.25, 0.3) is 10.9 Å². The van der Waals surface area contributed by atoms with Gasteiger partial charge in [-0.2, -0.15) is 0 Å². The fourth-order valence-electron chi connectivity index (χ4n) is 3.36. The van der Waals surface area contributed by atoms with Crippen molar-refractivity contribution in [3.05, 3.63) is 69.8 Å². The maximum atomic E-state index is 12.3. The molecule has 3 aromatic rings. The summed E-state index contributed by atoms with van der Waals surface area (Å²) < 4.78 is 0. The molecule has 1 amide bonds. The molecule has 0 saturated heterocycles. The highest BCUT2D eigenvalue weighted by Crippen LogP contribution is 2.20. The lowest BCUT2D eigenvalue weighted by molar-refractivity contribution is -0.140. The Balaban J connectivity index is 1.62. The molecule has 0 saturated carbocycles. The number of benzene rings is 2. The van der Waals surface area contributed by atoms with Crippen molar-refractivity contribution in [1.29, 1.82) is 0 Å². The van der Waals surface area contributed by atoms with Crippen molar-refractivity contribution < 1.29 is 24.6 Å². The Labute approximate surface area is 194 Å². The number of carbonyl (C=O) groups excluding carboxylic acids is 1. The third-order valence-electron chi connectivity index (χ3n) is 5.19. The number of hydrazine groups is 1. The van der Waals surface area contributed by atoms with Gasteiger partial charge in [0.15, 0.2) is 0 Å².